The van der Waals surface area contributed by atoms with Crippen LogP contribution < -0.4 is 5.56 Å². The van der Waals surface area contributed by atoms with Crippen LogP contribution in [0.15, 0.2) is 51.8 Å². The van der Waals surface area contributed by atoms with Crippen molar-refractivity contribution < 1.29 is 22.4 Å². The Morgan fingerprint density at radius 2 is 1.86 bits per heavy atom. The Labute approximate surface area is 163 Å². The molecule has 4 rings (SSSR count). The van der Waals surface area contributed by atoms with Gasteiger partial charge >= 0.3 is 6.18 Å². The maximum atomic E-state index is 12.8. The van der Waals surface area contributed by atoms with Crippen molar-refractivity contribution in [1.29, 1.82) is 0 Å². The molecule has 0 atom stereocenters. The number of oxazole rings is 1. The van der Waals surface area contributed by atoms with Crippen molar-refractivity contribution in [1.82, 2.24) is 14.5 Å². The summed E-state index contributed by atoms with van der Waals surface area (Å²) in [4.78, 5) is 30.4. The van der Waals surface area contributed by atoms with Crippen molar-refractivity contribution in [3.63, 3.8) is 0 Å². The minimum absolute atomic E-state index is 0.0720. The van der Waals surface area contributed by atoms with Crippen molar-refractivity contribution in [2.75, 3.05) is 13.1 Å². The second-order valence-electron chi connectivity index (χ2n) is 7.06. The van der Waals surface area contributed by atoms with Crippen LogP contribution in [0.3, 0.4) is 0 Å². The predicted molar refractivity (Wildman–Crippen MR) is 98.3 cm³/mol. The van der Waals surface area contributed by atoms with Crippen LogP contribution in [0.5, 0.6) is 0 Å². The molecule has 29 heavy (non-hydrogen) atoms. The van der Waals surface area contributed by atoms with Crippen LogP contribution in [0.25, 0.3) is 11.1 Å². The molecule has 0 saturated carbocycles. The summed E-state index contributed by atoms with van der Waals surface area (Å²) in [5.41, 5.74) is -0.109. The van der Waals surface area contributed by atoms with Crippen molar-refractivity contribution in [3.05, 3.63) is 64.4 Å². The highest BCUT2D eigenvalue weighted by atomic mass is 19.4. The Morgan fingerprint density at radius 1 is 1.14 bits per heavy atom. The predicted octanol–water partition coefficient (Wildman–Crippen LogP) is 3.41. The topological polar surface area (TPSA) is 68.3 Å². The third-order valence-electron chi connectivity index (χ3n) is 5.12. The number of amides is 1. The first kappa shape index (κ1) is 19.2. The zero-order valence-electron chi connectivity index (χ0n) is 15.4. The summed E-state index contributed by atoms with van der Waals surface area (Å²) < 4.78 is 45.1. The van der Waals surface area contributed by atoms with Gasteiger partial charge in [0.05, 0.1) is 5.56 Å². The fraction of sp³-hybridized carbons (Fsp3) is 0.350. The zero-order valence-corrected chi connectivity index (χ0v) is 15.4. The Morgan fingerprint density at radius 3 is 2.55 bits per heavy atom. The van der Waals surface area contributed by atoms with E-state index in [-0.39, 0.29) is 11.8 Å². The number of carbonyl (C=O) groups excluding carboxylic acids is 1. The maximum Gasteiger partial charge on any atom is 0.417 e. The largest absolute Gasteiger partial charge is 0.440 e. The molecule has 0 unspecified atom stereocenters. The van der Waals surface area contributed by atoms with Crippen molar-refractivity contribution >= 4 is 17.0 Å². The van der Waals surface area contributed by atoms with Gasteiger partial charge in [0.15, 0.2) is 11.5 Å². The SMILES string of the molecule is O=C(Cn1cc(C(F)(F)F)ccc1=O)N1CCC(c2nc3ccccc3o2)CC1. The smallest absolute Gasteiger partial charge is 0.417 e. The molecule has 2 aromatic heterocycles. The van der Waals surface area contributed by atoms with Gasteiger partial charge in [0.25, 0.3) is 5.56 Å². The molecule has 0 aliphatic carbocycles. The first-order valence-electron chi connectivity index (χ1n) is 9.22. The highest BCUT2D eigenvalue weighted by molar-refractivity contribution is 5.76. The lowest BCUT2D eigenvalue weighted by molar-refractivity contribution is -0.139. The van der Waals surface area contributed by atoms with Gasteiger partial charge in [-0.1, -0.05) is 12.1 Å². The van der Waals surface area contributed by atoms with E-state index in [0.29, 0.717) is 43.6 Å². The number of nitrogens with zero attached hydrogens (tertiary/aromatic N) is 3. The summed E-state index contributed by atoms with van der Waals surface area (Å²) in [7, 11) is 0. The summed E-state index contributed by atoms with van der Waals surface area (Å²) in [6.45, 7) is 0.433. The van der Waals surface area contributed by atoms with Crippen LogP contribution in [0.1, 0.15) is 30.2 Å². The number of halogens is 3. The van der Waals surface area contributed by atoms with E-state index in [2.05, 4.69) is 4.98 Å². The molecule has 0 N–H and O–H groups in total. The second kappa shape index (κ2) is 7.38. The average Bonchev–Trinajstić information content (AvgIpc) is 3.13. The lowest BCUT2D eigenvalue weighted by atomic mass is 9.97. The van der Waals surface area contributed by atoms with Gasteiger partial charge in [-0.25, -0.2) is 4.98 Å². The Balaban J connectivity index is 1.41. The number of pyridine rings is 1. The van der Waals surface area contributed by atoms with E-state index in [1.807, 2.05) is 24.3 Å². The number of alkyl halides is 3. The zero-order chi connectivity index (χ0) is 20.6. The normalized spacial score (nSPS) is 15.8. The summed E-state index contributed by atoms with van der Waals surface area (Å²) >= 11 is 0. The number of hydrogen-bond acceptors (Lipinski definition) is 4. The van der Waals surface area contributed by atoms with E-state index in [1.54, 1.807) is 4.90 Å². The molecule has 3 heterocycles. The van der Waals surface area contributed by atoms with Crippen LogP contribution >= 0.6 is 0 Å². The van der Waals surface area contributed by atoms with Gasteiger partial charge in [0.1, 0.15) is 12.1 Å². The average molecular weight is 405 g/mol. The summed E-state index contributed by atoms with van der Waals surface area (Å²) in [6, 6.07) is 9.01. The van der Waals surface area contributed by atoms with Gasteiger partial charge in [-0.3, -0.25) is 9.59 Å². The van der Waals surface area contributed by atoms with Crippen LogP contribution in [0, 0.1) is 0 Å². The minimum Gasteiger partial charge on any atom is -0.440 e. The molecule has 1 amide bonds. The molecule has 152 valence electrons. The van der Waals surface area contributed by atoms with Crippen molar-refractivity contribution in [3.8, 4) is 0 Å². The number of piperidine rings is 1. The molecule has 9 heteroatoms. The molecular formula is C20H18F3N3O3. The molecule has 0 spiro atoms. The number of aromatic nitrogens is 2. The van der Waals surface area contributed by atoms with Crippen LogP contribution in [0.2, 0.25) is 0 Å². The maximum absolute atomic E-state index is 12.8. The summed E-state index contributed by atoms with van der Waals surface area (Å²) in [6.07, 6.45) is -2.62. The van der Waals surface area contributed by atoms with Crippen molar-refractivity contribution in [2.45, 2.75) is 31.5 Å². The van der Waals surface area contributed by atoms with Gasteiger partial charge in [-0.15, -0.1) is 0 Å². The molecule has 3 aromatic rings. The monoisotopic (exact) mass is 405 g/mol. The molecule has 1 aromatic carbocycles. The Kier molecular flexibility index (Phi) is 4.89. The van der Waals surface area contributed by atoms with Crippen molar-refractivity contribution in [2.24, 2.45) is 0 Å². The third-order valence-corrected chi connectivity index (χ3v) is 5.12. The van der Waals surface area contributed by atoms with E-state index < -0.39 is 23.8 Å². The number of hydrogen-bond donors (Lipinski definition) is 0. The highest BCUT2D eigenvalue weighted by Crippen LogP contribution is 2.30. The Hall–Kier alpha value is -3.10. The lowest BCUT2D eigenvalue weighted by Gasteiger charge is -2.30. The van der Waals surface area contributed by atoms with Crippen LogP contribution in [0.4, 0.5) is 13.2 Å². The van der Waals surface area contributed by atoms with Gasteiger partial charge in [-0.05, 0) is 31.0 Å². The van der Waals surface area contributed by atoms with Crippen LogP contribution in [-0.4, -0.2) is 33.4 Å². The number of rotatable bonds is 3. The number of likely N-dealkylation sites (tertiary alicyclic amines) is 1. The fourth-order valence-electron chi connectivity index (χ4n) is 3.51. The van der Waals surface area contributed by atoms with Gasteiger partial charge in [0, 0.05) is 31.3 Å². The number of para-hydroxylation sites is 2. The second-order valence-corrected chi connectivity index (χ2v) is 7.06. The van der Waals surface area contributed by atoms with E-state index in [1.165, 1.54) is 0 Å². The summed E-state index contributed by atoms with van der Waals surface area (Å²) in [5.74, 6) is 0.317. The molecular weight excluding hydrogens is 387 g/mol. The molecule has 0 radical (unpaired) electrons. The Bertz CT molecular complexity index is 1060. The molecule has 1 saturated heterocycles. The molecule has 6 nitrogen and oxygen atoms in total. The van der Waals surface area contributed by atoms with Gasteiger partial charge < -0.3 is 13.9 Å². The summed E-state index contributed by atoms with van der Waals surface area (Å²) in [5, 5.41) is 0. The van der Waals surface area contributed by atoms with E-state index in [0.717, 1.165) is 22.2 Å². The first-order chi connectivity index (χ1) is 13.8. The molecule has 0 bridgehead atoms. The van der Waals surface area contributed by atoms with E-state index >= 15 is 0 Å². The third kappa shape index (κ3) is 4.03. The standard InChI is InChI=1S/C20H18F3N3O3/c21-20(22,23)14-5-6-17(27)26(11-14)12-18(28)25-9-7-13(8-10-25)19-24-15-3-1-2-4-16(15)29-19/h1-6,11,13H,7-10,12H2. The van der Waals surface area contributed by atoms with Crippen LogP contribution in [-0.2, 0) is 17.5 Å². The number of fused-ring (bicyclic) bond motifs is 1. The van der Waals surface area contributed by atoms with Gasteiger partial charge in [-0.2, -0.15) is 13.2 Å². The molecule has 1 aliphatic rings. The quantitative estimate of drug-likeness (QED) is 0.670. The number of benzene rings is 1. The van der Waals surface area contributed by atoms with E-state index in [9.17, 15) is 22.8 Å². The lowest BCUT2D eigenvalue weighted by Crippen LogP contribution is -2.41. The highest BCUT2D eigenvalue weighted by Gasteiger charge is 2.32. The molecule has 1 fully saturated rings. The van der Waals surface area contributed by atoms with Gasteiger partial charge in [0.2, 0.25) is 5.91 Å². The number of carbonyl (C=O) groups is 1. The minimum atomic E-state index is -4.57. The fourth-order valence-corrected chi connectivity index (χ4v) is 3.51. The first-order valence-corrected chi connectivity index (χ1v) is 9.22. The van der Waals surface area contributed by atoms with E-state index in [4.69, 9.17) is 4.42 Å². The molecule has 1 aliphatic heterocycles.